The van der Waals surface area contributed by atoms with Gasteiger partial charge in [-0.3, -0.25) is 4.79 Å². The number of carbonyl (C=O) groups is 2. The van der Waals surface area contributed by atoms with Crippen LogP contribution in [0.5, 0.6) is 0 Å². The van der Waals surface area contributed by atoms with Gasteiger partial charge in [0.25, 0.3) is 0 Å². The summed E-state index contributed by atoms with van der Waals surface area (Å²) in [7, 11) is 0. The number of hydrogen-bond acceptors (Lipinski definition) is 6. The molecule has 1 heterocycles. The van der Waals surface area contributed by atoms with Crippen molar-refractivity contribution in [2.24, 2.45) is 11.8 Å². The quantitative estimate of drug-likeness (QED) is 0.455. The van der Waals surface area contributed by atoms with Gasteiger partial charge in [-0.15, -0.1) is 0 Å². The Kier molecular flexibility index (Phi) is 6.56. The average Bonchev–Trinajstić information content (AvgIpc) is 2.85. The van der Waals surface area contributed by atoms with Crippen LogP contribution in [0.1, 0.15) is 33.1 Å². The van der Waals surface area contributed by atoms with Crippen LogP contribution in [0.25, 0.3) is 0 Å². The van der Waals surface area contributed by atoms with E-state index in [2.05, 4.69) is 6.58 Å². The monoisotopic (exact) mass is 350 g/mol. The summed E-state index contributed by atoms with van der Waals surface area (Å²) in [6, 6.07) is 0. The van der Waals surface area contributed by atoms with Crippen LogP contribution in [0, 0.1) is 11.8 Å². The van der Waals surface area contributed by atoms with Crippen molar-refractivity contribution >= 4 is 11.9 Å². The number of rotatable bonds is 4. The molecule has 1 aliphatic heterocycles. The number of allylic oxidation sites excluding steroid dienone is 1. The summed E-state index contributed by atoms with van der Waals surface area (Å²) in [6.45, 7) is 6.97. The Hall–Kier alpha value is -1.92. The molecule has 25 heavy (non-hydrogen) atoms. The summed E-state index contributed by atoms with van der Waals surface area (Å²) >= 11 is 0. The van der Waals surface area contributed by atoms with Gasteiger partial charge in [0.05, 0.1) is 25.0 Å². The Bertz CT molecular complexity index is 601. The number of hydrogen-bond donors (Lipinski definition) is 2. The molecule has 0 amide bonds. The third-order valence-corrected chi connectivity index (χ3v) is 4.57. The van der Waals surface area contributed by atoms with Crippen molar-refractivity contribution in [2.75, 3.05) is 13.2 Å². The van der Waals surface area contributed by atoms with Crippen LogP contribution in [-0.2, 0) is 19.1 Å². The molecule has 1 fully saturated rings. The number of carbonyl (C=O) groups excluding carboxylic acids is 2. The van der Waals surface area contributed by atoms with Gasteiger partial charge in [0.15, 0.2) is 0 Å². The normalized spacial score (nSPS) is 31.5. The molecule has 3 atom stereocenters. The molecule has 6 heteroatoms. The molecule has 0 aromatic carbocycles. The lowest BCUT2D eigenvalue weighted by Crippen LogP contribution is -2.35. The highest BCUT2D eigenvalue weighted by Gasteiger charge is 2.44. The lowest BCUT2D eigenvalue weighted by molar-refractivity contribution is -0.155. The lowest BCUT2D eigenvalue weighted by Gasteiger charge is -2.28. The van der Waals surface area contributed by atoms with Crippen LogP contribution in [0.3, 0.4) is 0 Å². The topological polar surface area (TPSA) is 93.1 Å². The zero-order valence-electron chi connectivity index (χ0n) is 14.7. The fraction of sp³-hybridized carbons (Fsp3) is 0.579. The zero-order valence-corrected chi connectivity index (χ0v) is 14.7. The molecule has 138 valence electrons. The van der Waals surface area contributed by atoms with E-state index in [9.17, 15) is 19.8 Å². The minimum atomic E-state index is -0.661. The van der Waals surface area contributed by atoms with Crippen molar-refractivity contribution in [3.8, 4) is 0 Å². The lowest BCUT2D eigenvalue weighted by atomic mass is 9.85. The van der Waals surface area contributed by atoms with Gasteiger partial charge >= 0.3 is 11.9 Å². The summed E-state index contributed by atoms with van der Waals surface area (Å²) in [5.74, 6) is -1.76. The van der Waals surface area contributed by atoms with Crippen LogP contribution in [0.15, 0.2) is 35.5 Å². The van der Waals surface area contributed by atoms with Gasteiger partial charge in [-0.05, 0) is 30.1 Å². The summed E-state index contributed by atoms with van der Waals surface area (Å²) in [5.41, 5.74) is 1.71. The number of esters is 2. The van der Waals surface area contributed by atoms with Gasteiger partial charge in [-0.25, -0.2) is 4.79 Å². The first kappa shape index (κ1) is 19.4. The van der Waals surface area contributed by atoms with Crippen LogP contribution in [-0.4, -0.2) is 47.6 Å². The fourth-order valence-corrected chi connectivity index (χ4v) is 3.09. The van der Waals surface area contributed by atoms with Gasteiger partial charge in [0.2, 0.25) is 0 Å². The predicted molar refractivity (Wildman–Crippen MR) is 91.4 cm³/mol. The van der Waals surface area contributed by atoms with Crippen LogP contribution >= 0.6 is 0 Å². The third-order valence-electron chi connectivity index (χ3n) is 4.57. The molecular weight excluding hydrogens is 324 g/mol. The highest BCUT2D eigenvalue weighted by Crippen LogP contribution is 2.36. The van der Waals surface area contributed by atoms with Crippen molar-refractivity contribution in [1.29, 1.82) is 0 Å². The minimum Gasteiger partial charge on any atom is -0.461 e. The van der Waals surface area contributed by atoms with E-state index < -0.39 is 24.1 Å². The van der Waals surface area contributed by atoms with Crippen molar-refractivity contribution in [2.45, 2.75) is 45.3 Å². The van der Waals surface area contributed by atoms with Crippen molar-refractivity contribution in [1.82, 2.24) is 0 Å². The molecule has 3 unspecified atom stereocenters. The van der Waals surface area contributed by atoms with E-state index in [4.69, 9.17) is 9.47 Å². The Morgan fingerprint density at radius 2 is 2.04 bits per heavy atom. The van der Waals surface area contributed by atoms with E-state index in [1.807, 2.05) is 6.08 Å². The van der Waals surface area contributed by atoms with Crippen LogP contribution < -0.4 is 0 Å². The summed E-state index contributed by atoms with van der Waals surface area (Å²) in [4.78, 5) is 24.2. The second kappa shape index (κ2) is 8.45. The van der Waals surface area contributed by atoms with Gasteiger partial charge in [-0.2, -0.15) is 0 Å². The molecule has 0 spiro atoms. The largest absolute Gasteiger partial charge is 0.461 e. The fourth-order valence-electron chi connectivity index (χ4n) is 3.09. The Morgan fingerprint density at radius 3 is 2.64 bits per heavy atom. The summed E-state index contributed by atoms with van der Waals surface area (Å²) < 4.78 is 11.0. The van der Waals surface area contributed by atoms with Gasteiger partial charge < -0.3 is 19.7 Å². The number of ether oxygens (including phenoxy) is 2. The zero-order chi connectivity index (χ0) is 18.6. The van der Waals surface area contributed by atoms with Gasteiger partial charge in [0, 0.05) is 12.0 Å². The Morgan fingerprint density at radius 1 is 1.36 bits per heavy atom. The van der Waals surface area contributed by atoms with Crippen LogP contribution in [0.4, 0.5) is 0 Å². The first-order valence-corrected chi connectivity index (χ1v) is 8.56. The van der Waals surface area contributed by atoms with Gasteiger partial charge in [0.1, 0.15) is 12.2 Å². The number of fused-ring (bicyclic) bond motifs is 1. The van der Waals surface area contributed by atoms with Crippen molar-refractivity contribution in [3.63, 3.8) is 0 Å². The molecule has 0 radical (unpaired) electrons. The average molecular weight is 350 g/mol. The highest BCUT2D eigenvalue weighted by atomic mass is 16.6. The van der Waals surface area contributed by atoms with Crippen molar-refractivity contribution < 1.29 is 29.3 Å². The maximum atomic E-state index is 12.1. The van der Waals surface area contributed by atoms with E-state index >= 15 is 0 Å². The maximum Gasteiger partial charge on any atom is 0.334 e. The molecule has 6 nitrogen and oxygen atoms in total. The first-order chi connectivity index (χ1) is 11.9. The van der Waals surface area contributed by atoms with Crippen molar-refractivity contribution in [3.05, 3.63) is 35.5 Å². The van der Waals surface area contributed by atoms with E-state index in [0.717, 1.165) is 11.1 Å². The summed E-state index contributed by atoms with van der Waals surface area (Å²) in [6.07, 6.45) is 3.88. The van der Waals surface area contributed by atoms with Crippen LogP contribution in [0.2, 0.25) is 0 Å². The molecule has 0 aromatic heterocycles. The van der Waals surface area contributed by atoms with E-state index in [0.29, 0.717) is 19.3 Å². The van der Waals surface area contributed by atoms with E-state index in [1.165, 1.54) is 0 Å². The summed E-state index contributed by atoms with van der Waals surface area (Å²) in [5, 5.41) is 19.2. The molecule has 1 saturated heterocycles. The number of aliphatic hydroxyl groups excluding tert-OH is 2. The molecule has 0 saturated carbocycles. The molecule has 2 rings (SSSR count). The van der Waals surface area contributed by atoms with E-state index in [-0.39, 0.29) is 30.7 Å². The van der Waals surface area contributed by atoms with Gasteiger partial charge in [-0.1, -0.05) is 26.5 Å². The Labute approximate surface area is 147 Å². The SMILES string of the molecule is C=C1C(=O)OC2/C=C(/CO)CC/C=C(/CO)CC(OC(=O)C(C)C)C12. The molecule has 1 aliphatic carbocycles. The molecular formula is C19H26O6. The maximum absolute atomic E-state index is 12.1. The molecule has 0 aromatic rings. The predicted octanol–water partition coefficient (Wildman–Crippen LogP) is 1.67. The molecule has 0 bridgehead atoms. The second-order valence-corrected chi connectivity index (χ2v) is 6.80. The molecule has 2 N–H and O–H groups in total. The second-order valence-electron chi connectivity index (χ2n) is 6.80. The standard InChI is InChI=1S/C19H26O6/c1-11(2)18(22)24-15-7-13(9-20)5-4-6-14(10-21)8-16-17(15)12(3)19(23)25-16/h5,8,11,15-17,20-21H,3-4,6-7,9-10H2,1-2H3/b13-5+,14-8+. The molecule has 2 aliphatic rings. The Balaban J connectivity index is 2.41. The smallest absolute Gasteiger partial charge is 0.334 e. The highest BCUT2D eigenvalue weighted by molar-refractivity contribution is 5.91. The number of aliphatic hydroxyl groups is 2. The minimum absolute atomic E-state index is 0.147. The van der Waals surface area contributed by atoms with E-state index in [1.54, 1.807) is 19.9 Å². The first-order valence-electron chi connectivity index (χ1n) is 8.56. The third kappa shape index (κ3) is 4.58.